The molecule has 18 heavy (non-hydrogen) atoms. The van der Waals surface area contributed by atoms with E-state index in [2.05, 4.69) is 4.98 Å². The summed E-state index contributed by atoms with van der Waals surface area (Å²) in [5.41, 5.74) is 0.721. The topological polar surface area (TPSA) is 60.5 Å². The number of carbonyl (C=O) groups excluding carboxylic acids is 1. The van der Waals surface area contributed by atoms with Crippen molar-refractivity contribution in [3.8, 4) is 11.6 Å². The largest absolute Gasteiger partial charge is 0.515 e. The van der Waals surface area contributed by atoms with Gasteiger partial charge < -0.3 is 19.2 Å². The van der Waals surface area contributed by atoms with Gasteiger partial charge >= 0.3 is 6.16 Å². The second kappa shape index (κ2) is 5.18. The fourth-order valence-electron chi connectivity index (χ4n) is 1.62. The number of methoxy groups -OCH3 is 1. The summed E-state index contributed by atoms with van der Waals surface area (Å²) in [7, 11) is 1.50. The highest BCUT2D eigenvalue weighted by Crippen LogP contribution is 2.36. The van der Waals surface area contributed by atoms with Gasteiger partial charge in [0.25, 0.3) is 0 Å². The van der Waals surface area contributed by atoms with E-state index in [9.17, 15) is 4.79 Å². The summed E-state index contributed by atoms with van der Waals surface area (Å²) < 4.78 is 14.9. The van der Waals surface area contributed by atoms with Crippen LogP contribution < -0.4 is 9.47 Å². The van der Waals surface area contributed by atoms with Crippen LogP contribution >= 0.6 is 11.6 Å². The molecular formula is C12H12ClNO4. The number of H-pyrrole nitrogens is 1. The molecule has 0 saturated carbocycles. The van der Waals surface area contributed by atoms with E-state index in [1.165, 1.54) is 7.11 Å². The van der Waals surface area contributed by atoms with Gasteiger partial charge in [-0.25, -0.2) is 4.79 Å². The van der Waals surface area contributed by atoms with Crippen molar-refractivity contribution in [3.63, 3.8) is 0 Å². The second-order valence-electron chi connectivity index (χ2n) is 3.46. The summed E-state index contributed by atoms with van der Waals surface area (Å²) in [5.74, 6) is 0.642. The number of hydrogen-bond acceptors (Lipinski definition) is 4. The van der Waals surface area contributed by atoms with Crippen molar-refractivity contribution < 1.29 is 19.0 Å². The van der Waals surface area contributed by atoms with Crippen LogP contribution in [0.5, 0.6) is 11.6 Å². The molecule has 96 valence electrons. The Kier molecular flexibility index (Phi) is 3.62. The van der Waals surface area contributed by atoms with Crippen LogP contribution in [0, 0.1) is 0 Å². The minimum absolute atomic E-state index is 0.202. The van der Waals surface area contributed by atoms with Crippen molar-refractivity contribution in [2.45, 2.75) is 6.92 Å². The zero-order valence-corrected chi connectivity index (χ0v) is 10.7. The SMILES string of the molecule is CCOC(=O)Oc1[nH]c2cc(Cl)ccc2c1OC. The van der Waals surface area contributed by atoms with E-state index in [4.69, 9.17) is 25.8 Å². The number of rotatable bonds is 3. The Morgan fingerprint density at radius 1 is 1.44 bits per heavy atom. The monoisotopic (exact) mass is 269 g/mol. The van der Waals surface area contributed by atoms with Crippen molar-refractivity contribution in [1.29, 1.82) is 0 Å². The standard InChI is InChI=1S/C12H12ClNO4/c1-3-17-12(15)18-11-10(16-2)8-5-4-7(13)6-9(8)14-11/h4-6,14H,3H2,1-2H3. The fraction of sp³-hybridized carbons (Fsp3) is 0.250. The number of carbonyl (C=O) groups is 1. The van der Waals surface area contributed by atoms with Gasteiger partial charge in [-0.05, 0) is 25.1 Å². The average Bonchev–Trinajstić information content (AvgIpc) is 2.65. The van der Waals surface area contributed by atoms with E-state index in [0.717, 1.165) is 10.9 Å². The van der Waals surface area contributed by atoms with Gasteiger partial charge in [0.05, 0.1) is 19.2 Å². The Morgan fingerprint density at radius 2 is 2.22 bits per heavy atom. The second-order valence-corrected chi connectivity index (χ2v) is 3.90. The third-order valence-electron chi connectivity index (χ3n) is 2.33. The van der Waals surface area contributed by atoms with E-state index < -0.39 is 6.16 Å². The first kappa shape index (κ1) is 12.6. The normalized spacial score (nSPS) is 10.4. The number of hydrogen-bond donors (Lipinski definition) is 1. The first-order valence-electron chi connectivity index (χ1n) is 5.35. The summed E-state index contributed by atoms with van der Waals surface area (Å²) in [5, 5.41) is 1.36. The zero-order valence-electron chi connectivity index (χ0n) is 9.95. The van der Waals surface area contributed by atoms with Gasteiger partial charge in [-0.2, -0.15) is 0 Å². The van der Waals surface area contributed by atoms with Crippen LogP contribution in [0.1, 0.15) is 6.92 Å². The number of aromatic nitrogens is 1. The van der Waals surface area contributed by atoms with E-state index in [-0.39, 0.29) is 12.5 Å². The van der Waals surface area contributed by atoms with Crippen LogP contribution in [0.2, 0.25) is 5.02 Å². The van der Waals surface area contributed by atoms with Gasteiger partial charge in [0.15, 0.2) is 5.75 Å². The summed E-state index contributed by atoms with van der Waals surface area (Å²) >= 11 is 5.89. The van der Waals surface area contributed by atoms with Crippen LogP contribution in [0.3, 0.4) is 0 Å². The van der Waals surface area contributed by atoms with Gasteiger partial charge in [0, 0.05) is 10.4 Å². The van der Waals surface area contributed by atoms with Crippen LogP contribution in [-0.4, -0.2) is 24.9 Å². The first-order valence-corrected chi connectivity index (χ1v) is 5.73. The Balaban J connectivity index is 2.40. The van der Waals surface area contributed by atoms with E-state index in [1.807, 2.05) is 0 Å². The molecule has 0 unspecified atom stereocenters. The summed E-state index contributed by atoms with van der Waals surface area (Å²) in [6.45, 7) is 1.94. The maximum Gasteiger partial charge on any atom is 0.515 e. The Morgan fingerprint density at radius 3 is 2.89 bits per heavy atom. The predicted molar refractivity (Wildman–Crippen MR) is 67.5 cm³/mol. The zero-order chi connectivity index (χ0) is 13.1. The molecule has 0 amide bonds. The van der Waals surface area contributed by atoms with Gasteiger partial charge in [0.2, 0.25) is 5.88 Å². The molecule has 0 spiro atoms. The third kappa shape index (κ3) is 2.36. The Hall–Kier alpha value is -1.88. The maximum absolute atomic E-state index is 11.3. The lowest BCUT2D eigenvalue weighted by Gasteiger charge is -2.04. The lowest BCUT2D eigenvalue weighted by Crippen LogP contribution is -2.10. The molecule has 2 aromatic rings. The molecule has 0 fully saturated rings. The van der Waals surface area contributed by atoms with Gasteiger partial charge in [-0.1, -0.05) is 11.6 Å². The van der Waals surface area contributed by atoms with Crippen molar-refractivity contribution in [2.24, 2.45) is 0 Å². The smallest absolute Gasteiger partial charge is 0.491 e. The third-order valence-corrected chi connectivity index (χ3v) is 2.57. The van der Waals surface area contributed by atoms with Crippen LogP contribution in [0.4, 0.5) is 4.79 Å². The average molecular weight is 270 g/mol. The minimum Gasteiger partial charge on any atom is -0.491 e. The number of benzene rings is 1. The lowest BCUT2D eigenvalue weighted by atomic mass is 10.2. The molecule has 1 heterocycles. The molecule has 0 aliphatic rings. The highest BCUT2D eigenvalue weighted by molar-refractivity contribution is 6.31. The maximum atomic E-state index is 11.3. The summed E-state index contributed by atoms with van der Waals surface area (Å²) in [6, 6.07) is 5.23. The van der Waals surface area contributed by atoms with Gasteiger partial charge in [0.1, 0.15) is 0 Å². The molecule has 1 N–H and O–H groups in total. The lowest BCUT2D eigenvalue weighted by molar-refractivity contribution is 0.102. The quantitative estimate of drug-likeness (QED) is 0.868. The summed E-state index contributed by atoms with van der Waals surface area (Å²) in [6.07, 6.45) is -0.784. The molecule has 0 atom stereocenters. The predicted octanol–water partition coefficient (Wildman–Crippen LogP) is 3.37. The van der Waals surface area contributed by atoms with E-state index in [1.54, 1.807) is 25.1 Å². The molecule has 0 radical (unpaired) electrons. The van der Waals surface area contributed by atoms with Crippen molar-refractivity contribution in [2.75, 3.05) is 13.7 Å². The van der Waals surface area contributed by atoms with E-state index in [0.29, 0.717) is 10.8 Å². The molecule has 6 heteroatoms. The number of halogens is 1. The minimum atomic E-state index is -0.784. The molecule has 1 aromatic carbocycles. The number of aromatic amines is 1. The Bertz CT molecular complexity index is 579. The van der Waals surface area contributed by atoms with Crippen LogP contribution in [0.25, 0.3) is 10.9 Å². The highest BCUT2D eigenvalue weighted by atomic mass is 35.5. The van der Waals surface area contributed by atoms with Crippen molar-refractivity contribution in [3.05, 3.63) is 23.2 Å². The molecule has 1 aromatic heterocycles. The number of ether oxygens (including phenoxy) is 3. The number of nitrogens with one attached hydrogen (secondary N) is 1. The molecular weight excluding hydrogens is 258 g/mol. The molecule has 0 aliphatic carbocycles. The molecule has 2 rings (SSSR count). The van der Waals surface area contributed by atoms with Gasteiger partial charge in [-0.15, -0.1) is 0 Å². The Labute approximate surface area is 109 Å². The summed E-state index contributed by atoms with van der Waals surface area (Å²) in [4.78, 5) is 14.2. The van der Waals surface area contributed by atoms with E-state index >= 15 is 0 Å². The van der Waals surface area contributed by atoms with Crippen LogP contribution in [-0.2, 0) is 4.74 Å². The molecule has 0 bridgehead atoms. The van der Waals surface area contributed by atoms with Crippen molar-refractivity contribution in [1.82, 2.24) is 4.98 Å². The molecule has 0 aliphatic heterocycles. The molecule has 0 saturated heterocycles. The van der Waals surface area contributed by atoms with Gasteiger partial charge in [-0.3, -0.25) is 0 Å². The first-order chi connectivity index (χ1) is 8.65. The fourth-order valence-corrected chi connectivity index (χ4v) is 1.80. The van der Waals surface area contributed by atoms with Crippen molar-refractivity contribution >= 4 is 28.7 Å². The number of fused-ring (bicyclic) bond motifs is 1. The highest BCUT2D eigenvalue weighted by Gasteiger charge is 2.17. The molecule has 5 nitrogen and oxygen atoms in total. The van der Waals surface area contributed by atoms with Crippen LogP contribution in [0.15, 0.2) is 18.2 Å².